The van der Waals surface area contributed by atoms with Crippen LogP contribution in [0.5, 0.6) is 0 Å². The Labute approximate surface area is 210 Å². The van der Waals surface area contributed by atoms with Crippen LogP contribution in [-0.2, 0) is 21.5 Å². The summed E-state index contributed by atoms with van der Waals surface area (Å²) in [6, 6.07) is 16.8. The van der Waals surface area contributed by atoms with Crippen molar-refractivity contribution in [2.24, 2.45) is 0 Å². The van der Waals surface area contributed by atoms with Gasteiger partial charge in [0.25, 0.3) is 16.0 Å². The summed E-state index contributed by atoms with van der Waals surface area (Å²) < 4.78 is 29.6. The van der Waals surface area contributed by atoms with Gasteiger partial charge in [0, 0.05) is 31.8 Å². The van der Waals surface area contributed by atoms with E-state index < -0.39 is 16.0 Å². The van der Waals surface area contributed by atoms with E-state index in [9.17, 15) is 13.2 Å². The van der Waals surface area contributed by atoms with Crippen LogP contribution in [0.25, 0.3) is 6.08 Å². The normalized spacial score (nSPS) is 15.8. The van der Waals surface area contributed by atoms with Crippen LogP contribution in [0.1, 0.15) is 23.2 Å². The summed E-state index contributed by atoms with van der Waals surface area (Å²) in [6.07, 6.45) is 6.97. The quantitative estimate of drug-likeness (QED) is 0.163. The summed E-state index contributed by atoms with van der Waals surface area (Å²) in [7, 11) is -4.02. The molecular formula is C25H29N5O5S. The topological polar surface area (TPSA) is 145 Å². The lowest BCUT2D eigenvalue weighted by Gasteiger charge is -2.17. The van der Waals surface area contributed by atoms with Gasteiger partial charge in [-0.1, -0.05) is 48.0 Å². The number of amides is 1. The van der Waals surface area contributed by atoms with Crippen molar-refractivity contribution < 1.29 is 23.0 Å². The number of nitrogens with one attached hydrogen (secondary N) is 2. The fourth-order valence-electron chi connectivity index (χ4n) is 3.55. The molecule has 0 bridgehead atoms. The third kappa shape index (κ3) is 8.86. The molecule has 4 N–H and O–H groups in total. The van der Waals surface area contributed by atoms with E-state index in [2.05, 4.69) is 44.5 Å². The zero-order valence-corrected chi connectivity index (χ0v) is 20.6. The van der Waals surface area contributed by atoms with E-state index in [-0.39, 0.29) is 4.90 Å². The van der Waals surface area contributed by atoms with Crippen LogP contribution in [0, 0.1) is 6.92 Å². The van der Waals surface area contributed by atoms with E-state index >= 15 is 0 Å². The number of rotatable bonds is 7. The smallest absolute Gasteiger partial charge is 0.294 e. The number of hydrogen-bond donors (Lipinski definition) is 4. The molecule has 1 aliphatic rings. The molecule has 1 amide bonds. The zero-order chi connectivity index (χ0) is 26.0. The Balaban J connectivity index is 0.000000275. The molecular weight excluding hydrogens is 482 g/mol. The highest BCUT2D eigenvalue weighted by molar-refractivity contribution is 7.85. The number of anilines is 1. The van der Waals surface area contributed by atoms with Crippen LogP contribution in [0.3, 0.4) is 0 Å². The van der Waals surface area contributed by atoms with Crippen molar-refractivity contribution in [1.82, 2.24) is 20.3 Å². The molecule has 190 valence electrons. The fraction of sp³-hybridized carbons (Fsp3) is 0.240. The van der Waals surface area contributed by atoms with Gasteiger partial charge in [0.05, 0.1) is 23.0 Å². The predicted molar refractivity (Wildman–Crippen MR) is 136 cm³/mol. The SMILES string of the molecule is Cc1ccc(S(=O)(=O)O)cc1.O=C(C=Cc1cnc(N[C@@H]2CCN(Cc3ccccc3)C2)cn1)NO. The van der Waals surface area contributed by atoms with E-state index in [0.29, 0.717) is 11.7 Å². The highest BCUT2D eigenvalue weighted by Crippen LogP contribution is 2.16. The number of aromatic nitrogens is 2. The molecule has 4 rings (SSSR count). The minimum Gasteiger partial charge on any atom is -0.365 e. The van der Waals surface area contributed by atoms with Gasteiger partial charge >= 0.3 is 0 Å². The first-order valence-electron chi connectivity index (χ1n) is 11.2. The van der Waals surface area contributed by atoms with Gasteiger partial charge in [-0.15, -0.1) is 0 Å². The largest absolute Gasteiger partial charge is 0.365 e. The number of carbonyl (C=O) groups is 1. The van der Waals surface area contributed by atoms with E-state index in [0.717, 1.165) is 37.4 Å². The molecule has 1 atom stereocenters. The lowest BCUT2D eigenvalue weighted by Crippen LogP contribution is -2.26. The van der Waals surface area contributed by atoms with Gasteiger partial charge in [0.2, 0.25) is 0 Å². The average Bonchev–Trinajstić information content (AvgIpc) is 3.30. The third-order valence-electron chi connectivity index (χ3n) is 5.38. The van der Waals surface area contributed by atoms with Crippen LogP contribution in [0.15, 0.2) is 78.0 Å². The van der Waals surface area contributed by atoms with E-state index in [1.54, 1.807) is 24.5 Å². The monoisotopic (exact) mass is 511 g/mol. The Kier molecular flexibility index (Phi) is 9.65. The molecule has 0 radical (unpaired) electrons. The average molecular weight is 512 g/mol. The van der Waals surface area contributed by atoms with E-state index in [1.807, 2.05) is 13.0 Å². The van der Waals surface area contributed by atoms with Crippen molar-refractivity contribution in [2.75, 3.05) is 18.4 Å². The zero-order valence-electron chi connectivity index (χ0n) is 19.8. The van der Waals surface area contributed by atoms with Crippen LogP contribution in [0.4, 0.5) is 5.82 Å². The Morgan fingerprint density at radius 3 is 2.44 bits per heavy atom. The standard InChI is InChI=1S/C18H21N5O2.C7H8O3S/c24-18(22-25)7-6-15-10-20-17(11-19-15)21-16-8-9-23(13-16)12-14-4-2-1-3-5-14;1-6-2-4-7(5-3-6)11(8,9)10/h1-7,10-11,16,25H,8-9,12-13H2,(H,20,21)(H,22,24);2-5H,1H3,(H,8,9,10)/t16-;/m1./s1. The second-order valence-electron chi connectivity index (χ2n) is 8.27. The molecule has 1 saturated heterocycles. The maximum atomic E-state index is 10.9. The number of likely N-dealkylation sites (tertiary alicyclic amines) is 1. The molecule has 1 aliphatic heterocycles. The number of hydrogen-bond acceptors (Lipinski definition) is 8. The highest BCUT2D eigenvalue weighted by atomic mass is 32.2. The van der Waals surface area contributed by atoms with Gasteiger partial charge < -0.3 is 5.32 Å². The number of nitrogens with zero attached hydrogens (tertiary/aromatic N) is 3. The molecule has 1 aromatic heterocycles. The number of aryl methyl sites for hydroxylation is 1. The highest BCUT2D eigenvalue weighted by Gasteiger charge is 2.22. The van der Waals surface area contributed by atoms with Crippen LogP contribution >= 0.6 is 0 Å². The molecule has 1 fully saturated rings. The Hall–Kier alpha value is -3.64. The maximum Gasteiger partial charge on any atom is 0.294 e. The molecule has 2 aromatic carbocycles. The summed E-state index contributed by atoms with van der Waals surface area (Å²) in [5, 5.41) is 11.8. The van der Waals surface area contributed by atoms with Crippen LogP contribution in [-0.4, -0.2) is 58.1 Å². The van der Waals surface area contributed by atoms with Gasteiger partial charge in [0.15, 0.2) is 0 Å². The molecule has 3 aromatic rings. The van der Waals surface area contributed by atoms with Crippen molar-refractivity contribution in [3.8, 4) is 0 Å². The Bertz CT molecular complexity index is 1250. The van der Waals surface area contributed by atoms with Gasteiger partial charge in [-0.05, 0) is 37.1 Å². The second kappa shape index (κ2) is 12.9. The Morgan fingerprint density at radius 2 is 1.83 bits per heavy atom. The van der Waals surface area contributed by atoms with Crippen LogP contribution < -0.4 is 10.8 Å². The first-order chi connectivity index (χ1) is 17.2. The minimum atomic E-state index is -4.02. The van der Waals surface area contributed by atoms with E-state index in [1.165, 1.54) is 35.3 Å². The first kappa shape index (κ1) is 27.0. The molecule has 10 nitrogen and oxygen atoms in total. The van der Waals surface area contributed by atoms with Crippen molar-refractivity contribution >= 4 is 27.9 Å². The lowest BCUT2D eigenvalue weighted by molar-refractivity contribution is -0.124. The molecule has 36 heavy (non-hydrogen) atoms. The molecule has 0 aliphatic carbocycles. The molecule has 0 unspecified atom stereocenters. The summed E-state index contributed by atoms with van der Waals surface area (Å²) in [6.45, 7) is 4.82. The molecule has 2 heterocycles. The van der Waals surface area contributed by atoms with Crippen LogP contribution in [0.2, 0.25) is 0 Å². The van der Waals surface area contributed by atoms with Gasteiger partial charge in [-0.3, -0.25) is 24.4 Å². The minimum absolute atomic E-state index is 0.0666. The van der Waals surface area contributed by atoms with E-state index in [4.69, 9.17) is 9.76 Å². The fourth-order valence-corrected chi connectivity index (χ4v) is 4.03. The molecule has 0 saturated carbocycles. The predicted octanol–water partition coefficient (Wildman–Crippen LogP) is 2.92. The van der Waals surface area contributed by atoms with Gasteiger partial charge in [-0.25, -0.2) is 10.5 Å². The first-order valence-corrected chi connectivity index (χ1v) is 12.7. The number of hydroxylamine groups is 1. The number of benzene rings is 2. The Morgan fingerprint density at radius 1 is 1.11 bits per heavy atom. The van der Waals surface area contributed by atoms with Gasteiger partial charge in [0.1, 0.15) is 5.82 Å². The summed E-state index contributed by atoms with van der Waals surface area (Å²) in [4.78, 5) is 21.8. The molecule has 11 heteroatoms. The third-order valence-corrected chi connectivity index (χ3v) is 6.25. The van der Waals surface area contributed by atoms with Gasteiger partial charge in [-0.2, -0.15) is 8.42 Å². The van der Waals surface area contributed by atoms with Crippen molar-refractivity contribution in [3.05, 3.63) is 89.9 Å². The maximum absolute atomic E-state index is 10.9. The summed E-state index contributed by atoms with van der Waals surface area (Å²) in [5.74, 6) is 0.115. The van der Waals surface area contributed by atoms with Crippen molar-refractivity contribution in [2.45, 2.75) is 30.8 Å². The van der Waals surface area contributed by atoms with Crippen molar-refractivity contribution in [1.29, 1.82) is 0 Å². The van der Waals surface area contributed by atoms with Crippen molar-refractivity contribution in [3.63, 3.8) is 0 Å². The lowest BCUT2D eigenvalue weighted by atomic mass is 10.2. The molecule has 0 spiro atoms. The summed E-state index contributed by atoms with van der Waals surface area (Å²) >= 11 is 0. The summed E-state index contributed by atoms with van der Waals surface area (Å²) in [5.41, 5.74) is 4.35. The second-order valence-corrected chi connectivity index (χ2v) is 9.70. The number of carbonyl (C=O) groups excluding carboxylic acids is 1.